The number of rotatable bonds is 4. The summed E-state index contributed by atoms with van der Waals surface area (Å²) in [6.07, 6.45) is 14.6. The maximum Gasteiger partial charge on any atom is 0.317 e. The normalized spacial score (nSPS) is 50.0. The highest BCUT2D eigenvalue weighted by Crippen LogP contribution is 2.67. The molecule has 8 aliphatic rings. The minimum Gasteiger partial charge on any atom is -0.461 e. The van der Waals surface area contributed by atoms with Gasteiger partial charge in [-0.25, -0.2) is 0 Å². The summed E-state index contributed by atoms with van der Waals surface area (Å²) in [5.41, 5.74) is 2.62. The van der Waals surface area contributed by atoms with Crippen LogP contribution in [0.25, 0.3) is 0 Å². The second-order valence-electron chi connectivity index (χ2n) is 19.2. The molecule has 268 valence electrons. The highest BCUT2D eigenvalue weighted by atomic mass is 16.6. The van der Waals surface area contributed by atoms with Crippen LogP contribution in [0.3, 0.4) is 0 Å². The first kappa shape index (κ1) is 33.9. The molecule has 6 saturated carbocycles. The zero-order chi connectivity index (χ0) is 34.6. The van der Waals surface area contributed by atoms with Crippen molar-refractivity contribution in [2.45, 2.75) is 137 Å². The Morgan fingerprint density at radius 3 is 1.43 bits per heavy atom. The number of ether oxygens (including phenoxy) is 2. The van der Waals surface area contributed by atoms with E-state index in [2.05, 4.69) is 41.5 Å². The van der Waals surface area contributed by atoms with Crippen LogP contribution in [0.5, 0.6) is 0 Å². The number of fused-ring (bicyclic) bond motifs is 10. The fraction of sp³-hybridized carbons (Fsp3) is 0.814. The first-order chi connectivity index (χ1) is 23.3. The van der Waals surface area contributed by atoms with E-state index in [-0.39, 0.29) is 29.5 Å². The number of allylic oxidation sites excluding steroid dienone is 2. The summed E-state index contributed by atoms with van der Waals surface area (Å²) in [6, 6.07) is 0. The van der Waals surface area contributed by atoms with Crippen LogP contribution in [0, 0.1) is 81.8 Å². The molecule has 0 radical (unpaired) electrons. The number of carbonyl (C=O) groups excluding carboxylic acids is 4. The van der Waals surface area contributed by atoms with E-state index in [1.807, 2.05) is 12.2 Å². The van der Waals surface area contributed by atoms with Gasteiger partial charge in [0.1, 0.15) is 18.6 Å². The average Bonchev–Trinajstić information content (AvgIpc) is 3.51. The van der Waals surface area contributed by atoms with Gasteiger partial charge in [0.25, 0.3) is 0 Å². The lowest BCUT2D eigenvalue weighted by atomic mass is 9.47. The van der Waals surface area contributed by atoms with Gasteiger partial charge in [0.2, 0.25) is 0 Å². The van der Waals surface area contributed by atoms with Crippen molar-refractivity contribution < 1.29 is 28.7 Å². The van der Waals surface area contributed by atoms with Crippen LogP contribution in [0.4, 0.5) is 0 Å². The van der Waals surface area contributed by atoms with Crippen LogP contribution in [-0.4, -0.2) is 35.7 Å². The van der Waals surface area contributed by atoms with Gasteiger partial charge in [-0.1, -0.05) is 52.7 Å². The third-order valence-corrected chi connectivity index (χ3v) is 16.5. The van der Waals surface area contributed by atoms with Gasteiger partial charge in [0.05, 0.1) is 0 Å². The van der Waals surface area contributed by atoms with E-state index >= 15 is 0 Å². The molecule has 0 bridgehead atoms. The van der Waals surface area contributed by atoms with Crippen molar-refractivity contribution in [2.75, 3.05) is 0 Å². The van der Waals surface area contributed by atoms with Gasteiger partial charge in [-0.3, -0.25) is 19.2 Å². The third kappa shape index (κ3) is 5.37. The fourth-order valence-electron chi connectivity index (χ4n) is 15.1. The van der Waals surface area contributed by atoms with Crippen molar-refractivity contribution in [3.05, 3.63) is 23.3 Å². The Bertz CT molecular complexity index is 1370. The Labute approximate surface area is 294 Å². The summed E-state index contributed by atoms with van der Waals surface area (Å²) in [4.78, 5) is 51.4. The van der Waals surface area contributed by atoms with E-state index < -0.39 is 11.9 Å². The minimum atomic E-state index is -0.428. The summed E-state index contributed by atoms with van der Waals surface area (Å²) in [5, 5.41) is 0. The number of hydrogen-bond donors (Lipinski definition) is 0. The van der Waals surface area contributed by atoms with Crippen LogP contribution in [0.1, 0.15) is 125 Å². The molecule has 8 aliphatic carbocycles. The van der Waals surface area contributed by atoms with Gasteiger partial charge in [-0.15, -0.1) is 0 Å². The molecular weight excluding hydrogens is 612 g/mol. The lowest BCUT2D eigenvalue weighted by molar-refractivity contribution is -0.173. The molecular formula is C43H60O6. The van der Waals surface area contributed by atoms with Crippen LogP contribution in [0.15, 0.2) is 23.3 Å². The molecule has 6 heteroatoms. The molecule has 8 rings (SSSR count). The number of carbonyl (C=O) groups is 4. The monoisotopic (exact) mass is 672 g/mol. The first-order valence-electron chi connectivity index (χ1n) is 20.1. The molecule has 6 fully saturated rings. The summed E-state index contributed by atoms with van der Waals surface area (Å²) in [6.45, 7) is 14.2. The van der Waals surface area contributed by atoms with Crippen molar-refractivity contribution in [2.24, 2.45) is 81.8 Å². The SMILES string of the molecule is C[C@@H]1CC2=CC(=O)CCC2C2C1C1CC[C@H](OC(=O)CC(=O)O[C@H]3CCC4C5C(C6CCC(=O)C=C6C[C@H]5C)[C@@H](C)C[C@@]43C)[C@@]1(C)C[C@@H]2C. The summed E-state index contributed by atoms with van der Waals surface area (Å²) < 4.78 is 12.5. The number of hydrogen-bond acceptors (Lipinski definition) is 6. The second-order valence-corrected chi connectivity index (χ2v) is 19.2. The summed E-state index contributed by atoms with van der Waals surface area (Å²) in [5.74, 6) is 6.22. The smallest absolute Gasteiger partial charge is 0.317 e. The third-order valence-electron chi connectivity index (χ3n) is 16.5. The standard InChI is InChI=1S/C43H60O6/c1-22-15-26-17-28(44)7-9-30(26)38-24(3)20-42(5)32(40(22)38)11-13-34(42)48-36(46)19-37(47)49-35-14-12-33-41-23(2)16-27-18-29(45)8-10-31(27)39(41)25(4)21-43(33,35)6/h17-18,22-25,30-35,38-41H,7-16,19-21H2,1-6H3/t22-,23-,24+,25+,30?,31?,32?,33?,34+,35+,38?,39?,40?,41?,42+,43+/m1/s1. The highest BCUT2D eigenvalue weighted by Gasteiger charge is 2.63. The molecule has 8 unspecified atom stereocenters. The molecule has 0 heterocycles. The predicted molar refractivity (Wildman–Crippen MR) is 187 cm³/mol. The molecule has 16 atom stereocenters. The zero-order valence-corrected chi connectivity index (χ0v) is 30.9. The molecule has 0 spiro atoms. The molecule has 0 amide bonds. The Kier molecular flexibility index (Phi) is 8.42. The topological polar surface area (TPSA) is 86.7 Å². The van der Waals surface area contributed by atoms with E-state index in [0.29, 0.717) is 95.4 Å². The first-order valence-corrected chi connectivity index (χ1v) is 20.1. The molecule has 0 aliphatic heterocycles. The van der Waals surface area contributed by atoms with Gasteiger partial charge >= 0.3 is 11.9 Å². The lowest BCUT2D eigenvalue weighted by Gasteiger charge is -2.58. The van der Waals surface area contributed by atoms with Crippen molar-refractivity contribution in [3.8, 4) is 0 Å². The predicted octanol–water partition coefficient (Wildman–Crippen LogP) is 8.47. The number of ketones is 2. The molecule has 0 aromatic rings. The maximum absolute atomic E-state index is 13.5. The molecule has 0 N–H and O–H groups in total. The van der Waals surface area contributed by atoms with Gasteiger partial charge < -0.3 is 9.47 Å². The zero-order valence-electron chi connectivity index (χ0n) is 30.9. The summed E-state index contributed by atoms with van der Waals surface area (Å²) in [7, 11) is 0. The van der Waals surface area contributed by atoms with Crippen molar-refractivity contribution in [1.29, 1.82) is 0 Å². The second kappa shape index (κ2) is 12.2. The number of esters is 2. The Morgan fingerprint density at radius 2 is 1.02 bits per heavy atom. The molecule has 49 heavy (non-hydrogen) atoms. The van der Waals surface area contributed by atoms with Crippen LogP contribution < -0.4 is 0 Å². The highest BCUT2D eigenvalue weighted by molar-refractivity contribution is 5.92. The summed E-state index contributed by atoms with van der Waals surface area (Å²) >= 11 is 0. The van der Waals surface area contributed by atoms with E-state index in [0.717, 1.165) is 64.2 Å². The quantitative estimate of drug-likeness (QED) is 0.220. The van der Waals surface area contributed by atoms with Crippen molar-refractivity contribution in [1.82, 2.24) is 0 Å². The van der Waals surface area contributed by atoms with E-state index in [4.69, 9.17) is 9.47 Å². The Balaban J connectivity index is 0.909. The van der Waals surface area contributed by atoms with Crippen LogP contribution in [0.2, 0.25) is 0 Å². The van der Waals surface area contributed by atoms with E-state index in [9.17, 15) is 19.2 Å². The Hall–Kier alpha value is -2.24. The van der Waals surface area contributed by atoms with Crippen LogP contribution >= 0.6 is 0 Å². The minimum absolute atomic E-state index is 0.0849. The van der Waals surface area contributed by atoms with Gasteiger partial charge in [-0.2, -0.15) is 0 Å². The Morgan fingerprint density at radius 1 is 0.612 bits per heavy atom. The van der Waals surface area contributed by atoms with Crippen molar-refractivity contribution in [3.63, 3.8) is 0 Å². The largest absolute Gasteiger partial charge is 0.461 e. The van der Waals surface area contributed by atoms with Crippen LogP contribution in [-0.2, 0) is 28.7 Å². The maximum atomic E-state index is 13.5. The van der Waals surface area contributed by atoms with E-state index in [1.165, 1.54) is 11.1 Å². The van der Waals surface area contributed by atoms with Gasteiger partial charge in [0.15, 0.2) is 11.6 Å². The van der Waals surface area contributed by atoms with Gasteiger partial charge in [-0.05, 0) is 147 Å². The molecule has 6 nitrogen and oxygen atoms in total. The molecule has 0 aromatic carbocycles. The van der Waals surface area contributed by atoms with Gasteiger partial charge in [0, 0.05) is 23.7 Å². The molecule has 0 saturated heterocycles. The fourth-order valence-corrected chi connectivity index (χ4v) is 15.1. The molecule has 0 aromatic heterocycles. The lowest BCUT2D eigenvalue weighted by Crippen LogP contribution is -2.54. The van der Waals surface area contributed by atoms with Crippen molar-refractivity contribution >= 4 is 23.5 Å². The van der Waals surface area contributed by atoms with E-state index in [1.54, 1.807) is 0 Å². The average molecular weight is 673 g/mol.